The standard InChI is InChI=1S/C17H19BrO3/c18-11-17(20)16(19)10-13-6-8-15(9-7-13)21-12-14-4-2-1-3-5-14/h1-9,16-17,19-20H,10-12H2/t16-,17-/m0/s1. The summed E-state index contributed by atoms with van der Waals surface area (Å²) in [6.45, 7) is 0.533. The van der Waals surface area contributed by atoms with Gasteiger partial charge in [-0.3, -0.25) is 0 Å². The molecule has 0 radical (unpaired) electrons. The Labute approximate surface area is 133 Å². The predicted octanol–water partition coefficient (Wildman–Crippen LogP) is 2.92. The molecule has 2 aromatic rings. The minimum absolute atomic E-state index is 0.367. The Balaban J connectivity index is 1.87. The summed E-state index contributed by atoms with van der Waals surface area (Å²) in [7, 11) is 0. The van der Waals surface area contributed by atoms with Crippen LogP contribution < -0.4 is 4.74 Å². The number of aliphatic hydroxyl groups excluding tert-OH is 2. The van der Waals surface area contributed by atoms with Crippen molar-refractivity contribution in [2.24, 2.45) is 0 Å². The summed E-state index contributed by atoms with van der Waals surface area (Å²) in [5.74, 6) is 0.790. The SMILES string of the molecule is O[C@@H](CBr)[C@@H](O)Cc1ccc(OCc2ccccc2)cc1. The second kappa shape index (κ2) is 8.17. The highest BCUT2D eigenvalue weighted by molar-refractivity contribution is 9.09. The fourth-order valence-corrected chi connectivity index (χ4v) is 2.37. The molecule has 21 heavy (non-hydrogen) atoms. The van der Waals surface area contributed by atoms with Gasteiger partial charge in [0.25, 0.3) is 0 Å². The third kappa shape index (κ3) is 5.16. The van der Waals surface area contributed by atoms with E-state index in [-0.39, 0.29) is 0 Å². The van der Waals surface area contributed by atoms with Crippen LogP contribution in [0.3, 0.4) is 0 Å². The van der Waals surface area contributed by atoms with Crippen molar-refractivity contribution in [1.82, 2.24) is 0 Å². The summed E-state index contributed by atoms with van der Waals surface area (Å²) in [5.41, 5.74) is 2.09. The van der Waals surface area contributed by atoms with Crippen LogP contribution in [0, 0.1) is 0 Å². The van der Waals surface area contributed by atoms with E-state index in [0.29, 0.717) is 18.4 Å². The van der Waals surface area contributed by atoms with Crippen LogP contribution in [0.5, 0.6) is 5.75 Å². The Morgan fingerprint density at radius 1 is 0.857 bits per heavy atom. The maximum Gasteiger partial charge on any atom is 0.119 e. The van der Waals surface area contributed by atoms with E-state index in [9.17, 15) is 10.2 Å². The van der Waals surface area contributed by atoms with Gasteiger partial charge in [0.05, 0.1) is 12.2 Å². The molecule has 0 amide bonds. The van der Waals surface area contributed by atoms with E-state index in [2.05, 4.69) is 15.9 Å². The van der Waals surface area contributed by atoms with Gasteiger partial charge in [-0.25, -0.2) is 0 Å². The van der Waals surface area contributed by atoms with Crippen LogP contribution in [0.15, 0.2) is 54.6 Å². The van der Waals surface area contributed by atoms with Crippen LogP contribution in [0.1, 0.15) is 11.1 Å². The van der Waals surface area contributed by atoms with Crippen LogP contribution in [-0.4, -0.2) is 27.8 Å². The summed E-state index contributed by atoms with van der Waals surface area (Å²) in [6, 6.07) is 17.6. The van der Waals surface area contributed by atoms with E-state index in [1.807, 2.05) is 54.6 Å². The van der Waals surface area contributed by atoms with Crippen LogP contribution >= 0.6 is 15.9 Å². The molecule has 2 N–H and O–H groups in total. The Kier molecular flexibility index (Phi) is 6.23. The number of rotatable bonds is 7. The van der Waals surface area contributed by atoms with Crippen LogP contribution in [0.2, 0.25) is 0 Å². The highest BCUT2D eigenvalue weighted by atomic mass is 79.9. The minimum atomic E-state index is -0.763. The van der Waals surface area contributed by atoms with Gasteiger partial charge in [0.15, 0.2) is 0 Å². The van der Waals surface area contributed by atoms with Gasteiger partial charge in [-0.05, 0) is 23.3 Å². The van der Waals surface area contributed by atoms with Crippen LogP contribution in [-0.2, 0) is 13.0 Å². The molecular weight excluding hydrogens is 332 g/mol. The lowest BCUT2D eigenvalue weighted by atomic mass is 10.0. The molecule has 0 aliphatic carbocycles. The second-order valence-electron chi connectivity index (χ2n) is 4.91. The Morgan fingerprint density at radius 2 is 1.52 bits per heavy atom. The molecular formula is C17H19BrO3. The topological polar surface area (TPSA) is 49.7 Å². The maximum absolute atomic E-state index is 9.78. The van der Waals surface area contributed by atoms with Gasteiger partial charge in [-0.15, -0.1) is 0 Å². The van der Waals surface area contributed by atoms with Gasteiger partial charge >= 0.3 is 0 Å². The summed E-state index contributed by atoms with van der Waals surface area (Å²) >= 11 is 3.15. The highest BCUT2D eigenvalue weighted by Gasteiger charge is 2.15. The predicted molar refractivity (Wildman–Crippen MR) is 86.7 cm³/mol. The summed E-state index contributed by atoms with van der Waals surface area (Å²) in [6.07, 6.45) is -1.09. The molecule has 3 nitrogen and oxygen atoms in total. The molecule has 0 saturated carbocycles. The normalized spacial score (nSPS) is 13.7. The van der Waals surface area contributed by atoms with Crippen molar-refractivity contribution < 1.29 is 14.9 Å². The number of halogens is 1. The largest absolute Gasteiger partial charge is 0.489 e. The zero-order valence-electron chi connectivity index (χ0n) is 11.7. The van der Waals surface area contributed by atoms with Gasteiger partial charge in [0.1, 0.15) is 12.4 Å². The van der Waals surface area contributed by atoms with Crippen molar-refractivity contribution in [3.05, 3.63) is 65.7 Å². The lowest BCUT2D eigenvalue weighted by molar-refractivity contribution is 0.0356. The number of aliphatic hydroxyl groups is 2. The van der Waals surface area contributed by atoms with E-state index in [0.717, 1.165) is 16.9 Å². The zero-order valence-corrected chi connectivity index (χ0v) is 13.2. The number of ether oxygens (including phenoxy) is 1. The van der Waals surface area contributed by atoms with Crippen molar-refractivity contribution in [1.29, 1.82) is 0 Å². The second-order valence-corrected chi connectivity index (χ2v) is 5.56. The van der Waals surface area contributed by atoms with Gasteiger partial charge in [0, 0.05) is 11.8 Å². The Morgan fingerprint density at radius 3 is 2.14 bits per heavy atom. The van der Waals surface area contributed by atoms with Crippen molar-refractivity contribution in [3.63, 3.8) is 0 Å². The first kappa shape index (κ1) is 16.0. The summed E-state index contributed by atoms with van der Waals surface area (Å²) < 4.78 is 5.70. The molecule has 0 fully saturated rings. The van der Waals surface area contributed by atoms with Crippen molar-refractivity contribution in [2.75, 3.05) is 5.33 Å². The average Bonchev–Trinajstić information content (AvgIpc) is 2.54. The van der Waals surface area contributed by atoms with Gasteiger partial charge in [-0.1, -0.05) is 58.4 Å². The van der Waals surface area contributed by atoms with E-state index in [4.69, 9.17) is 4.74 Å². The van der Waals surface area contributed by atoms with Crippen molar-refractivity contribution in [2.45, 2.75) is 25.2 Å². The zero-order chi connectivity index (χ0) is 15.1. The third-order valence-electron chi connectivity index (χ3n) is 3.22. The lowest BCUT2D eigenvalue weighted by Gasteiger charge is -2.15. The van der Waals surface area contributed by atoms with Crippen molar-refractivity contribution >= 4 is 15.9 Å². The molecule has 0 saturated heterocycles. The van der Waals surface area contributed by atoms with Crippen LogP contribution in [0.25, 0.3) is 0 Å². The quantitative estimate of drug-likeness (QED) is 0.754. The average molecular weight is 351 g/mol. The van der Waals surface area contributed by atoms with E-state index >= 15 is 0 Å². The maximum atomic E-state index is 9.78. The first-order valence-corrected chi connectivity index (χ1v) is 7.99. The third-order valence-corrected chi connectivity index (χ3v) is 3.88. The number of alkyl halides is 1. The molecule has 0 heterocycles. The molecule has 2 aromatic carbocycles. The molecule has 0 unspecified atom stereocenters. The Bertz CT molecular complexity index is 527. The molecule has 0 aliphatic rings. The number of benzene rings is 2. The van der Waals surface area contributed by atoms with E-state index in [1.165, 1.54) is 0 Å². The Hall–Kier alpha value is -1.36. The smallest absolute Gasteiger partial charge is 0.119 e. The van der Waals surface area contributed by atoms with E-state index < -0.39 is 12.2 Å². The molecule has 0 spiro atoms. The molecule has 2 atom stereocenters. The highest BCUT2D eigenvalue weighted by Crippen LogP contribution is 2.16. The minimum Gasteiger partial charge on any atom is -0.489 e. The van der Waals surface area contributed by atoms with Gasteiger partial charge < -0.3 is 14.9 Å². The van der Waals surface area contributed by atoms with Crippen LogP contribution in [0.4, 0.5) is 0 Å². The summed E-state index contributed by atoms with van der Waals surface area (Å²) in [4.78, 5) is 0. The molecule has 112 valence electrons. The fourth-order valence-electron chi connectivity index (χ4n) is 1.94. The first-order valence-electron chi connectivity index (χ1n) is 6.87. The van der Waals surface area contributed by atoms with Gasteiger partial charge in [-0.2, -0.15) is 0 Å². The molecule has 0 aliphatic heterocycles. The van der Waals surface area contributed by atoms with E-state index in [1.54, 1.807) is 0 Å². The number of hydrogen-bond donors (Lipinski definition) is 2. The summed E-state index contributed by atoms with van der Waals surface area (Å²) in [5, 5.41) is 19.7. The van der Waals surface area contributed by atoms with Gasteiger partial charge in [0.2, 0.25) is 0 Å². The monoisotopic (exact) mass is 350 g/mol. The lowest BCUT2D eigenvalue weighted by Crippen LogP contribution is -2.29. The molecule has 2 rings (SSSR count). The molecule has 0 bridgehead atoms. The molecule has 0 aromatic heterocycles. The van der Waals surface area contributed by atoms with Crippen molar-refractivity contribution in [3.8, 4) is 5.75 Å². The molecule has 4 heteroatoms. The fraction of sp³-hybridized carbons (Fsp3) is 0.294. The first-order chi connectivity index (χ1) is 10.2. The number of hydrogen-bond acceptors (Lipinski definition) is 3.